The van der Waals surface area contributed by atoms with Crippen LogP contribution < -0.4 is 0 Å². The van der Waals surface area contributed by atoms with E-state index in [1.54, 1.807) is 0 Å². The Hall–Kier alpha value is 0.399. The zero-order valence-electron chi connectivity index (χ0n) is 13.6. The molecule has 3 nitrogen and oxygen atoms in total. The van der Waals surface area contributed by atoms with Crippen LogP contribution in [-0.2, 0) is 17.1 Å². The molecule has 0 amide bonds. The van der Waals surface area contributed by atoms with Crippen molar-refractivity contribution in [2.45, 2.75) is 59.7 Å². The number of nitrogens with zero attached hydrogens (tertiary/aromatic N) is 3. The van der Waals surface area contributed by atoms with Crippen molar-refractivity contribution < 1.29 is 17.1 Å². The van der Waals surface area contributed by atoms with Gasteiger partial charge in [0.25, 0.3) is 0 Å². The average molecular weight is 319 g/mol. The van der Waals surface area contributed by atoms with Gasteiger partial charge in [-0.05, 0) is 41.5 Å². The Kier molecular flexibility index (Phi) is 9.55. The van der Waals surface area contributed by atoms with Crippen molar-refractivity contribution in [1.29, 1.82) is 0 Å². The molecule has 119 valence electrons. The molecule has 0 aromatic rings. The molecule has 0 saturated carbocycles. The van der Waals surface area contributed by atoms with Gasteiger partial charge in [-0.3, -0.25) is 14.7 Å². The van der Waals surface area contributed by atoms with Crippen molar-refractivity contribution in [1.82, 2.24) is 14.7 Å². The molecule has 0 atom stereocenters. The van der Waals surface area contributed by atoms with Crippen LogP contribution >= 0.6 is 0 Å². The fourth-order valence-electron chi connectivity index (χ4n) is 2.66. The van der Waals surface area contributed by atoms with Crippen LogP contribution in [0.4, 0.5) is 0 Å². The SMILES string of the molecule is CC(C)N1CCN(C(C)C)CCN(C(C)C)CC1.[Cu]. The topological polar surface area (TPSA) is 9.72 Å². The van der Waals surface area contributed by atoms with Gasteiger partial charge in [0.2, 0.25) is 0 Å². The first-order valence-corrected chi connectivity index (χ1v) is 7.64. The standard InChI is InChI=1S/C15H33N3.Cu/c1-13(2)16-7-9-17(14(3)4)11-12-18(10-8-16)15(5)6;/h13-15H,7-12H2,1-6H3;. The van der Waals surface area contributed by atoms with Gasteiger partial charge in [-0.1, -0.05) is 0 Å². The Balaban J connectivity index is 0.00000324. The van der Waals surface area contributed by atoms with E-state index in [1.807, 2.05) is 0 Å². The summed E-state index contributed by atoms with van der Waals surface area (Å²) < 4.78 is 0. The van der Waals surface area contributed by atoms with Crippen LogP contribution in [0.3, 0.4) is 0 Å². The molecule has 0 spiro atoms. The number of rotatable bonds is 3. The van der Waals surface area contributed by atoms with Gasteiger partial charge >= 0.3 is 0 Å². The van der Waals surface area contributed by atoms with Crippen LogP contribution in [0.15, 0.2) is 0 Å². The van der Waals surface area contributed by atoms with E-state index >= 15 is 0 Å². The summed E-state index contributed by atoms with van der Waals surface area (Å²) in [5, 5.41) is 0. The summed E-state index contributed by atoms with van der Waals surface area (Å²) in [7, 11) is 0. The molecule has 4 heteroatoms. The van der Waals surface area contributed by atoms with E-state index in [1.165, 1.54) is 39.3 Å². The van der Waals surface area contributed by atoms with Crippen molar-refractivity contribution in [3.8, 4) is 0 Å². The molecule has 1 saturated heterocycles. The van der Waals surface area contributed by atoms with Crippen LogP contribution in [-0.4, -0.2) is 72.1 Å². The van der Waals surface area contributed by atoms with Crippen LogP contribution in [0.1, 0.15) is 41.5 Å². The first-order valence-electron chi connectivity index (χ1n) is 7.64. The minimum absolute atomic E-state index is 0. The van der Waals surface area contributed by atoms with Gasteiger partial charge in [0, 0.05) is 74.5 Å². The molecular formula is C15H33CuN3. The predicted molar refractivity (Wildman–Crippen MR) is 80.1 cm³/mol. The maximum atomic E-state index is 2.62. The second-order valence-corrected chi connectivity index (χ2v) is 6.39. The van der Waals surface area contributed by atoms with E-state index in [0.717, 1.165) is 0 Å². The third kappa shape index (κ3) is 6.59. The Bertz CT molecular complexity index is 181. The van der Waals surface area contributed by atoms with E-state index in [-0.39, 0.29) is 17.1 Å². The molecule has 0 unspecified atom stereocenters. The minimum atomic E-state index is 0. The van der Waals surface area contributed by atoms with Crippen LogP contribution in [0.2, 0.25) is 0 Å². The quantitative estimate of drug-likeness (QED) is 0.738. The maximum absolute atomic E-state index is 2.62. The zero-order chi connectivity index (χ0) is 13.7. The Labute approximate surface area is 131 Å². The molecule has 0 aromatic heterocycles. The summed E-state index contributed by atoms with van der Waals surface area (Å²) in [6.45, 7) is 21.2. The normalized spacial score (nSPS) is 21.3. The molecular weight excluding hydrogens is 286 g/mol. The minimum Gasteiger partial charge on any atom is -0.298 e. The van der Waals surface area contributed by atoms with Crippen LogP contribution in [0.5, 0.6) is 0 Å². The van der Waals surface area contributed by atoms with E-state index < -0.39 is 0 Å². The smallest absolute Gasteiger partial charge is 0.0113 e. The average Bonchev–Trinajstić information content (AvgIpc) is 2.37. The van der Waals surface area contributed by atoms with Crippen molar-refractivity contribution in [3.63, 3.8) is 0 Å². The summed E-state index contributed by atoms with van der Waals surface area (Å²) in [6.07, 6.45) is 0. The fraction of sp³-hybridized carbons (Fsp3) is 1.00. The molecule has 1 radical (unpaired) electrons. The monoisotopic (exact) mass is 318 g/mol. The van der Waals surface area contributed by atoms with Gasteiger partial charge in [0.05, 0.1) is 0 Å². The molecule has 19 heavy (non-hydrogen) atoms. The van der Waals surface area contributed by atoms with Crippen molar-refractivity contribution in [3.05, 3.63) is 0 Å². The molecule has 0 aromatic carbocycles. The van der Waals surface area contributed by atoms with Gasteiger partial charge in [0.15, 0.2) is 0 Å². The predicted octanol–water partition coefficient (Wildman–Crippen LogP) is 2.13. The summed E-state index contributed by atoms with van der Waals surface area (Å²) in [6, 6.07) is 1.98. The Morgan fingerprint density at radius 1 is 0.474 bits per heavy atom. The van der Waals surface area contributed by atoms with E-state index in [4.69, 9.17) is 0 Å². The van der Waals surface area contributed by atoms with Gasteiger partial charge in [0.1, 0.15) is 0 Å². The first-order chi connectivity index (χ1) is 8.41. The third-order valence-electron chi connectivity index (χ3n) is 4.21. The van der Waals surface area contributed by atoms with E-state index in [0.29, 0.717) is 18.1 Å². The van der Waals surface area contributed by atoms with Crippen molar-refractivity contribution in [2.75, 3.05) is 39.3 Å². The molecule has 0 aliphatic carbocycles. The zero-order valence-corrected chi connectivity index (χ0v) is 14.6. The van der Waals surface area contributed by atoms with E-state index in [9.17, 15) is 0 Å². The van der Waals surface area contributed by atoms with Crippen LogP contribution in [0.25, 0.3) is 0 Å². The largest absolute Gasteiger partial charge is 0.298 e. The van der Waals surface area contributed by atoms with Crippen molar-refractivity contribution in [2.24, 2.45) is 0 Å². The third-order valence-corrected chi connectivity index (χ3v) is 4.21. The molecule has 0 N–H and O–H groups in total. The Morgan fingerprint density at radius 2 is 0.632 bits per heavy atom. The maximum Gasteiger partial charge on any atom is 0.0113 e. The first kappa shape index (κ1) is 19.4. The van der Waals surface area contributed by atoms with Gasteiger partial charge in [-0.2, -0.15) is 0 Å². The van der Waals surface area contributed by atoms with E-state index in [2.05, 4.69) is 56.2 Å². The summed E-state index contributed by atoms with van der Waals surface area (Å²) in [4.78, 5) is 7.86. The number of hydrogen-bond acceptors (Lipinski definition) is 3. The summed E-state index contributed by atoms with van der Waals surface area (Å²) in [5.41, 5.74) is 0. The summed E-state index contributed by atoms with van der Waals surface area (Å²) >= 11 is 0. The Morgan fingerprint density at radius 3 is 0.737 bits per heavy atom. The number of hydrogen-bond donors (Lipinski definition) is 0. The second kappa shape index (κ2) is 9.36. The van der Waals surface area contributed by atoms with Gasteiger partial charge in [-0.15, -0.1) is 0 Å². The molecule has 1 aliphatic rings. The molecule has 1 rings (SSSR count). The molecule has 1 heterocycles. The molecule has 1 aliphatic heterocycles. The van der Waals surface area contributed by atoms with Crippen LogP contribution in [0, 0.1) is 0 Å². The molecule has 1 fully saturated rings. The van der Waals surface area contributed by atoms with Crippen molar-refractivity contribution >= 4 is 0 Å². The molecule has 0 bridgehead atoms. The van der Waals surface area contributed by atoms with Gasteiger partial charge in [-0.25, -0.2) is 0 Å². The summed E-state index contributed by atoms with van der Waals surface area (Å²) in [5.74, 6) is 0. The second-order valence-electron chi connectivity index (χ2n) is 6.39. The van der Waals surface area contributed by atoms with Gasteiger partial charge < -0.3 is 0 Å². The fourth-order valence-corrected chi connectivity index (χ4v) is 2.66.